The van der Waals surface area contributed by atoms with Gasteiger partial charge in [0.05, 0.1) is 18.3 Å². The summed E-state index contributed by atoms with van der Waals surface area (Å²) >= 11 is 1.59. The number of anilines is 3. The molecule has 30 heavy (non-hydrogen) atoms. The van der Waals surface area contributed by atoms with Crippen LogP contribution in [0.15, 0.2) is 48.5 Å². The van der Waals surface area contributed by atoms with Gasteiger partial charge >= 0.3 is 0 Å². The number of nitrogens with zero attached hydrogens (tertiary/aromatic N) is 3. The SMILES string of the molecule is CCN(CC)CCNc1nc2c(Nc3cccc(OC)c3)c3ccccc3nc2s1. The second-order valence-electron chi connectivity index (χ2n) is 6.99. The first kappa shape index (κ1) is 20.4. The van der Waals surface area contributed by atoms with Gasteiger partial charge < -0.3 is 20.3 Å². The molecule has 6 nitrogen and oxygen atoms in total. The summed E-state index contributed by atoms with van der Waals surface area (Å²) in [6.07, 6.45) is 0. The lowest BCUT2D eigenvalue weighted by molar-refractivity contribution is 0.316. The Morgan fingerprint density at radius 1 is 1.03 bits per heavy atom. The number of nitrogens with one attached hydrogen (secondary N) is 2. The molecule has 0 aliphatic heterocycles. The van der Waals surface area contributed by atoms with Crippen LogP contribution in [0.25, 0.3) is 21.3 Å². The lowest BCUT2D eigenvalue weighted by Gasteiger charge is -2.17. The van der Waals surface area contributed by atoms with Crippen LogP contribution < -0.4 is 15.4 Å². The van der Waals surface area contributed by atoms with Crippen molar-refractivity contribution in [3.63, 3.8) is 0 Å². The Bertz CT molecular complexity index is 1140. The van der Waals surface area contributed by atoms with Crippen LogP contribution in [0.2, 0.25) is 0 Å². The predicted octanol–water partition coefficient (Wildman–Crippen LogP) is 5.35. The topological polar surface area (TPSA) is 62.3 Å². The van der Waals surface area contributed by atoms with Crippen molar-refractivity contribution in [2.75, 3.05) is 43.9 Å². The fourth-order valence-corrected chi connectivity index (χ4v) is 4.36. The molecule has 0 spiro atoms. The van der Waals surface area contributed by atoms with E-state index >= 15 is 0 Å². The van der Waals surface area contributed by atoms with E-state index in [9.17, 15) is 0 Å². The van der Waals surface area contributed by atoms with Gasteiger partial charge in [-0.15, -0.1) is 0 Å². The first-order valence-corrected chi connectivity index (χ1v) is 11.1. The Morgan fingerprint density at radius 3 is 2.67 bits per heavy atom. The van der Waals surface area contributed by atoms with Gasteiger partial charge in [-0.2, -0.15) is 0 Å². The number of para-hydroxylation sites is 1. The van der Waals surface area contributed by atoms with Crippen LogP contribution in [0.4, 0.5) is 16.5 Å². The van der Waals surface area contributed by atoms with Crippen LogP contribution in [0.5, 0.6) is 5.75 Å². The van der Waals surface area contributed by atoms with E-state index in [1.807, 2.05) is 42.5 Å². The monoisotopic (exact) mass is 421 g/mol. The molecule has 4 rings (SSSR count). The number of likely N-dealkylation sites (N-methyl/N-ethyl adjacent to an activating group) is 1. The molecule has 2 aromatic carbocycles. The van der Waals surface area contributed by atoms with E-state index in [-0.39, 0.29) is 0 Å². The number of benzene rings is 2. The number of hydrogen-bond acceptors (Lipinski definition) is 7. The molecule has 0 radical (unpaired) electrons. The van der Waals surface area contributed by atoms with Crippen molar-refractivity contribution in [3.05, 3.63) is 48.5 Å². The lowest BCUT2D eigenvalue weighted by atomic mass is 10.1. The molecule has 0 amide bonds. The molecule has 2 N–H and O–H groups in total. The van der Waals surface area contributed by atoms with Gasteiger partial charge in [0.25, 0.3) is 0 Å². The van der Waals surface area contributed by atoms with Gasteiger partial charge in [0, 0.05) is 30.2 Å². The summed E-state index contributed by atoms with van der Waals surface area (Å²) in [6, 6.07) is 16.1. The summed E-state index contributed by atoms with van der Waals surface area (Å²) in [6.45, 7) is 8.34. The Balaban J connectivity index is 1.69. The number of methoxy groups -OCH3 is 1. The zero-order valence-corrected chi connectivity index (χ0v) is 18.4. The average Bonchev–Trinajstić information content (AvgIpc) is 3.19. The van der Waals surface area contributed by atoms with Gasteiger partial charge in [-0.25, -0.2) is 9.97 Å². The van der Waals surface area contributed by atoms with E-state index in [0.717, 1.165) is 69.7 Å². The largest absolute Gasteiger partial charge is 0.497 e. The van der Waals surface area contributed by atoms with Crippen LogP contribution in [-0.4, -0.2) is 48.2 Å². The zero-order chi connectivity index (χ0) is 20.9. The third kappa shape index (κ3) is 4.32. The van der Waals surface area contributed by atoms with Crippen LogP contribution >= 0.6 is 11.3 Å². The molecule has 7 heteroatoms. The van der Waals surface area contributed by atoms with Crippen molar-refractivity contribution in [2.24, 2.45) is 0 Å². The lowest BCUT2D eigenvalue weighted by Crippen LogP contribution is -2.28. The highest BCUT2D eigenvalue weighted by Crippen LogP contribution is 2.37. The first-order valence-electron chi connectivity index (χ1n) is 10.3. The minimum absolute atomic E-state index is 0.812. The summed E-state index contributed by atoms with van der Waals surface area (Å²) in [5, 5.41) is 8.98. The first-order chi connectivity index (χ1) is 14.7. The summed E-state index contributed by atoms with van der Waals surface area (Å²) < 4.78 is 5.37. The third-order valence-corrected chi connectivity index (χ3v) is 6.09. The number of ether oxygens (including phenoxy) is 1. The summed E-state index contributed by atoms with van der Waals surface area (Å²) in [4.78, 5) is 13.0. The highest BCUT2D eigenvalue weighted by atomic mass is 32.1. The van der Waals surface area contributed by atoms with Gasteiger partial charge in [0.2, 0.25) is 0 Å². The van der Waals surface area contributed by atoms with E-state index in [4.69, 9.17) is 14.7 Å². The number of aromatic nitrogens is 2. The Kier molecular flexibility index (Phi) is 6.30. The number of thiazole rings is 1. The van der Waals surface area contributed by atoms with Gasteiger partial charge in [0.15, 0.2) is 5.13 Å². The molecule has 0 aliphatic carbocycles. The Labute approximate surface area is 180 Å². The zero-order valence-electron chi connectivity index (χ0n) is 17.6. The molecule has 0 saturated heterocycles. The molecule has 0 bridgehead atoms. The highest BCUT2D eigenvalue weighted by molar-refractivity contribution is 7.21. The number of fused-ring (bicyclic) bond motifs is 2. The van der Waals surface area contributed by atoms with Crippen LogP contribution in [0, 0.1) is 0 Å². The molecule has 0 saturated carbocycles. The van der Waals surface area contributed by atoms with E-state index in [1.165, 1.54) is 0 Å². The molecule has 2 aromatic heterocycles. The van der Waals surface area contributed by atoms with Crippen molar-refractivity contribution < 1.29 is 4.74 Å². The Morgan fingerprint density at radius 2 is 1.87 bits per heavy atom. The normalized spacial score (nSPS) is 11.3. The molecule has 156 valence electrons. The van der Waals surface area contributed by atoms with Gasteiger partial charge in [-0.05, 0) is 31.3 Å². The maximum Gasteiger partial charge on any atom is 0.185 e. The van der Waals surface area contributed by atoms with E-state index in [2.05, 4.69) is 35.4 Å². The predicted molar refractivity (Wildman–Crippen MR) is 127 cm³/mol. The second-order valence-corrected chi connectivity index (χ2v) is 7.96. The molecule has 2 heterocycles. The van der Waals surface area contributed by atoms with Crippen molar-refractivity contribution in [1.82, 2.24) is 14.9 Å². The summed E-state index contributed by atoms with van der Waals surface area (Å²) in [5.74, 6) is 0.812. The van der Waals surface area contributed by atoms with Gasteiger partial charge in [0.1, 0.15) is 16.1 Å². The minimum atomic E-state index is 0.812. The fourth-order valence-electron chi connectivity index (χ4n) is 3.48. The highest BCUT2D eigenvalue weighted by Gasteiger charge is 2.15. The van der Waals surface area contributed by atoms with Crippen LogP contribution in [-0.2, 0) is 0 Å². The molecular weight excluding hydrogens is 394 g/mol. The number of hydrogen-bond donors (Lipinski definition) is 2. The summed E-state index contributed by atoms with van der Waals surface area (Å²) in [5.41, 5.74) is 3.76. The van der Waals surface area contributed by atoms with Gasteiger partial charge in [-0.1, -0.05) is 49.4 Å². The molecule has 0 atom stereocenters. The number of rotatable bonds is 9. The standard InChI is InChI=1S/C23H27N5OS/c1-4-28(5-2)14-13-24-23-27-21-20(25-16-9-8-10-17(15-16)29-3)18-11-6-7-12-19(18)26-22(21)30-23/h6-12,15H,4-5,13-14H2,1-3H3,(H,24,27)(H,25,26). The smallest absolute Gasteiger partial charge is 0.185 e. The van der Waals surface area contributed by atoms with Gasteiger partial charge in [-0.3, -0.25) is 0 Å². The van der Waals surface area contributed by atoms with Crippen LogP contribution in [0.3, 0.4) is 0 Å². The quantitative estimate of drug-likeness (QED) is 0.380. The maximum atomic E-state index is 5.37. The molecule has 0 unspecified atom stereocenters. The minimum Gasteiger partial charge on any atom is -0.497 e. The average molecular weight is 422 g/mol. The van der Waals surface area contributed by atoms with Crippen molar-refractivity contribution in [1.29, 1.82) is 0 Å². The maximum absolute atomic E-state index is 5.37. The van der Waals surface area contributed by atoms with Crippen molar-refractivity contribution in [2.45, 2.75) is 13.8 Å². The molecule has 4 aromatic rings. The number of pyridine rings is 1. The fraction of sp³-hybridized carbons (Fsp3) is 0.304. The Hall–Kier alpha value is -2.90. The second kappa shape index (κ2) is 9.28. The van der Waals surface area contributed by atoms with E-state index < -0.39 is 0 Å². The molecular formula is C23H27N5OS. The molecule has 0 aliphatic rings. The van der Waals surface area contributed by atoms with Crippen molar-refractivity contribution in [3.8, 4) is 5.75 Å². The third-order valence-electron chi connectivity index (χ3n) is 5.18. The van der Waals surface area contributed by atoms with Crippen molar-refractivity contribution >= 4 is 49.1 Å². The summed E-state index contributed by atoms with van der Waals surface area (Å²) in [7, 11) is 1.68. The van der Waals surface area contributed by atoms with E-state index in [0.29, 0.717) is 0 Å². The van der Waals surface area contributed by atoms with Crippen LogP contribution in [0.1, 0.15) is 13.8 Å². The molecule has 0 fully saturated rings. The van der Waals surface area contributed by atoms with E-state index in [1.54, 1.807) is 18.4 Å².